The maximum atomic E-state index is 14.0. The Morgan fingerprint density at radius 1 is 1.08 bits per heavy atom. The summed E-state index contributed by atoms with van der Waals surface area (Å²) in [5.74, 6) is -2.19. The summed E-state index contributed by atoms with van der Waals surface area (Å²) in [5.41, 5.74) is 1.24. The highest BCUT2D eigenvalue weighted by atomic mass is 28.4. The van der Waals surface area contributed by atoms with Crippen molar-refractivity contribution in [3.05, 3.63) is 58.9 Å². The second-order valence-corrected chi connectivity index (χ2v) is 16.1. The predicted molar refractivity (Wildman–Crippen MR) is 140 cm³/mol. The van der Waals surface area contributed by atoms with Crippen LogP contribution in [0.2, 0.25) is 18.1 Å². The van der Waals surface area contributed by atoms with E-state index in [0.717, 1.165) is 6.07 Å². The topological polar surface area (TPSA) is 77.8 Å². The van der Waals surface area contributed by atoms with E-state index in [1.54, 1.807) is 6.07 Å². The van der Waals surface area contributed by atoms with Crippen LogP contribution in [0.25, 0.3) is 22.1 Å². The first-order chi connectivity index (χ1) is 17.2. The van der Waals surface area contributed by atoms with Gasteiger partial charge in [0, 0.05) is 18.0 Å². The number of hydrogen-bond donors (Lipinski definition) is 1. The molecule has 0 saturated heterocycles. The van der Waals surface area contributed by atoms with Gasteiger partial charge in [-0.15, -0.1) is 0 Å². The third-order valence-corrected chi connectivity index (χ3v) is 11.8. The number of furan rings is 1. The lowest BCUT2D eigenvalue weighted by Gasteiger charge is -2.36. The first-order valence-electron chi connectivity index (χ1n) is 12.4. The number of nitrogens with one attached hydrogen (secondary N) is 1. The molecule has 0 spiro atoms. The molecule has 0 bridgehead atoms. The zero-order valence-corrected chi connectivity index (χ0v) is 23.3. The monoisotopic (exact) mass is 529 g/mol. The normalized spacial score (nSPS) is 15.8. The molecule has 0 saturated carbocycles. The van der Waals surface area contributed by atoms with Gasteiger partial charge in [0.2, 0.25) is 0 Å². The molecule has 6 nitrogen and oxygen atoms in total. The molecule has 2 aromatic carbocycles. The van der Waals surface area contributed by atoms with Crippen LogP contribution in [0.1, 0.15) is 67.2 Å². The summed E-state index contributed by atoms with van der Waals surface area (Å²) in [6.07, 6.45) is -0.584. The highest BCUT2D eigenvalue weighted by Gasteiger charge is 2.40. The highest BCUT2D eigenvalue weighted by Crippen LogP contribution is 2.44. The van der Waals surface area contributed by atoms with Crippen molar-refractivity contribution in [2.45, 2.75) is 58.9 Å². The van der Waals surface area contributed by atoms with E-state index in [0.29, 0.717) is 23.3 Å². The first-order valence-corrected chi connectivity index (χ1v) is 15.3. The number of cyclic esters (lactones) is 1. The van der Waals surface area contributed by atoms with Gasteiger partial charge in [0.25, 0.3) is 5.91 Å². The quantitative estimate of drug-likeness (QED) is 0.203. The number of esters is 1. The molecular weight excluding hydrogens is 496 g/mol. The summed E-state index contributed by atoms with van der Waals surface area (Å²) < 4.78 is 45.7. The number of hydrogen-bond acceptors (Lipinski definition) is 5. The third kappa shape index (κ3) is 5.20. The Morgan fingerprint density at radius 3 is 2.30 bits per heavy atom. The number of rotatable bonds is 7. The van der Waals surface area contributed by atoms with Gasteiger partial charge < -0.3 is 18.9 Å². The fourth-order valence-electron chi connectivity index (χ4n) is 4.13. The molecule has 1 aliphatic heterocycles. The smallest absolute Gasteiger partial charge is 0.343 e. The van der Waals surface area contributed by atoms with Crippen molar-refractivity contribution in [2.75, 3.05) is 13.2 Å². The van der Waals surface area contributed by atoms with E-state index in [1.165, 1.54) is 18.2 Å². The minimum absolute atomic E-state index is 0.0357. The maximum absolute atomic E-state index is 14.0. The highest BCUT2D eigenvalue weighted by molar-refractivity contribution is 6.74. The second-order valence-electron chi connectivity index (χ2n) is 11.3. The summed E-state index contributed by atoms with van der Waals surface area (Å²) in [4.78, 5) is 26.1. The van der Waals surface area contributed by atoms with Gasteiger partial charge in [-0.25, -0.2) is 13.6 Å². The molecule has 1 amide bonds. The largest absolute Gasteiger partial charge is 0.455 e. The van der Waals surface area contributed by atoms with E-state index < -0.39 is 37.9 Å². The van der Waals surface area contributed by atoms with Crippen molar-refractivity contribution < 1.29 is 31.9 Å². The molecule has 2 heterocycles. The Balaban J connectivity index is 1.73. The molecule has 0 radical (unpaired) electrons. The lowest BCUT2D eigenvalue weighted by molar-refractivity contribution is 0.0238. The number of amides is 1. The van der Waals surface area contributed by atoms with Crippen molar-refractivity contribution in [2.24, 2.45) is 5.92 Å². The molecule has 1 atom stereocenters. The number of carbonyl (C=O) groups is 2. The lowest BCUT2D eigenvalue weighted by atomic mass is 9.97. The third-order valence-electron chi connectivity index (χ3n) is 7.22. The minimum atomic E-state index is -1.98. The van der Waals surface area contributed by atoms with Crippen LogP contribution in [0.5, 0.6) is 0 Å². The lowest BCUT2D eigenvalue weighted by Crippen LogP contribution is -2.42. The van der Waals surface area contributed by atoms with Gasteiger partial charge in [-0.3, -0.25) is 4.79 Å². The molecule has 37 heavy (non-hydrogen) atoms. The van der Waals surface area contributed by atoms with Crippen LogP contribution in [0.15, 0.2) is 34.7 Å². The molecule has 0 fully saturated rings. The Bertz CT molecular complexity index is 1350. The predicted octanol–water partition coefficient (Wildman–Crippen LogP) is 7.00. The summed E-state index contributed by atoms with van der Waals surface area (Å²) in [6, 6.07) is 6.25. The number of ether oxygens (including phenoxy) is 1. The van der Waals surface area contributed by atoms with Crippen molar-refractivity contribution in [1.29, 1.82) is 0 Å². The molecular formula is C28H33F2NO5Si. The number of fused-ring (bicyclic) bond motifs is 3. The van der Waals surface area contributed by atoms with E-state index >= 15 is 0 Å². The van der Waals surface area contributed by atoms with E-state index in [4.69, 9.17) is 13.6 Å². The number of carbonyl (C=O) groups excluding carboxylic acids is 2. The zero-order chi connectivity index (χ0) is 27.3. The zero-order valence-electron chi connectivity index (χ0n) is 22.3. The van der Waals surface area contributed by atoms with Crippen LogP contribution < -0.4 is 5.32 Å². The fraction of sp³-hybridized carbons (Fsp3) is 0.429. The molecule has 0 aliphatic carbocycles. The van der Waals surface area contributed by atoms with Crippen molar-refractivity contribution in [1.82, 2.24) is 5.32 Å². The summed E-state index contributed by atoms with van der Waals surface area (Å²) in [5, 5.41) is 3.26. The van der Waals surface area contributed by atoms with E-state index in [-0.39, 0.29) is 39.8 Å². The molecule has 1 aromatic heterocycles. The van der Waals surface area contributed by atoms with Gasteiger partial charge in [-0.1, -0.05) is 34.6 Å². The molecule has 4 rings (SSSR count). The van der Waals surface area contributed by atoms with E-state index in [1.807, 2.05) is 13.8 Å². The Kier molecular flexibility index (Phi) is 7.07. The average Bonchev–Trinajstić information content (AvgIpc) is 3.32. The van der Waals surface area contributed by atoms with Gasteiger partial charge in [-0.2, -0.15) is 0 Å². The molecule has 198 valence electrons. The van der Waals surface area contributed by atoms with Crippen LogP contribution >= 0.6 is 0 Å². The Morgan fingerprint density at radius 2 is 1.70 bits per heavy atom. The molecule has 9 heteroatoms. The fourth-order valence-corrected chi connectivity index (χ4v) is 5.18. The van der Waals surface area contributed by atoms with Crippen LogP contribution in [-0.4, -0.2) is 33.3 Å². The first kappa shape index (κ1) is 27.0. The van der Waals surface area contributed by atoms with Crippen LogP contribution in [0.4, 0.5) is 8.78 Å². The maximum Gasteiger partial charge on any atom is 0.343 e. The Hall–Kier alpha value is -3.04. The number of benzene rings is 2. The van der Waals surface area contributed by atoms with E-state index in [2.05, 4.69) is 39.2 Å². The van der Waals surface area contributed by atoms with Crippen LogP contribution in [-0.2, 0) is 9.16 Å². The van der Waals surface area contributed by atoms with Crippen LogP contribution in [0, 0.1) is 17.6 Å². The molecule has 1 unspecified atom stereocenters. The van der Waals surface area contributed by atoms with Gasteiger partial charge in [-0.05, 0) is 59.4 Å². The van der Waals surface area contributed by atoms with Gasteiger partial charge in [0.15, 0.2) is 20.2 Å². The summed E-state index contributed by atoms with van der Waals surface area (Å²) >= 11 is 0. The Labute approximate surface area is 216 Å². The van der Waals surface area contributed by atoms with Gasteiger partial charge in [0.05, 0.1) is 12.2 Å². The molecule has 1 N–H and O–H groups in total. The summed E-state index contributed by atoms with van der Waals surface area (Å²) in [7, 11) is -1.98. The van der Waals surface area contributed by atoms with Crippen molar-refractivity contribution in [3.63, 3.8) is 0 Å². The van der Waals surface area contributed by atoms with Crippen molar-refractivity contribution >= 4 is 31.2 Å². The van der Waals surface area contributed by atoms with Gasteiger partial charge >= 0.3 is 5.97 Å². The SMILES string of the molecule is CC(C)C1OC(=O)c2c1oc1c(C(=O)NCCO[Si](C)(C)C(C)(C)C)cc(-c3cc(F)cc(F)c3)cc21. The number of halogens is 2. The minimum Gasteiger partial charge on any atom is -0.455 e. The van der Waals surface area contributed by atoms with Crippen molar-refractivity contribution in [3.8, 4) is 11.1 Å². The molecule has 3 aromatic rings. The summed E-state index contributed by atoms with van der Waals surface area (Å²) in [6.45, 7) is 15.1. The second kappa shape index (κ2) is 9.68. The average molecular weight is 530 g/mol. The molecule has 1 aliphatic rings. The van der Waals surface area contributed by atoms with E-state index in [9.17, 15) is 18.4 Å². The van der Waals surface area contributed by atoms with Crippen LogP contribution in [0.3, 0.4) is 0 Å². The standard InChI is InChI=1S/C28H33F2NO5Si/c1-15(2)23-25-22(27(33)36-23)20-12-17(16-10-18(29)14-19(30)11-16)13-21(24(20)35-25)26(32)31-8-9-34-37(6,7)28(3,4)5/h10-15,23H,8-9H2,1-7H3,(H,31,32). The van der Waals surface area contributed by atoms with Gasteiger partial charge in [0.1, 0.15) is 22.8 Å².